The van der Waals surface area contributed by atoms with Crippen LogP contribution in [0.3, 0.4) is 0 Å². The molecule has 0 N–H and O–H groups in total. The second kappa shape index (κ2) is 7.78. The van der Waals surface area contributed by atoms with Crippen LogP contribution in [0.5, 0.6) is 0 Å². The van der Waals surface area contributed by atoms with Crippen LogP contribution in [0.15, 0.2) is 132 Å². The van der Waals surface area contributed by atoms with Crippen molar-refractivity contribution in [2.75, 3.05) is 0 Å². The Hall–Kier alpha value is -4.95. The molecule has 37 heavy (non-hydrogen) atoms. The van der Waals surface area contributed by atoms with E-state index in [1.54, 1.807) is 0 Å². The molecular formula is C35H21NO. The number of benzene rings is 7. The largest absolute Gasteiger partial charge is 0.436 e. The topological polar surface area (TPSA) is 26.0 Å². The summed E-state index contributed by atoms with van der Waals surface area (Å²) in [5.41, 5.74) is 5.09. The van der Waals surface area contributed by atoms with Crippen LogP contribution in [-0.2, 0) is 0 Å². The number of aromatic nitrogens is 1. The van der Waals surface area contributed by atoms with Crippen LogP contribution < -0.4 is 0 Å². The molecule has 0 amide bonds. The van der Waals surface area contributed by atoms with E-state index in [-0.39, 0.29) is 0 Å². The molecule has 0 spiro atoms. The van der Waals surface area contributed by atoms with E-state index in [1.165, 1.54) is 48.8 Å². The van der Waals surface area contributed by atoms with Gasteiger partial charge in [0.2, 0.25) is 5.89 Å². The molecule has 1 aromatic heterocycles. The molecular weight excluding hydrogens is 450 g/mol. The minimum absolute atomic E-state index is 0.653. The number of hydrogen-bond acceptors (Lipinski definition) is 2. The van der Waals surface area contributed by atoms with E-state index in [9.17, 15) is 0 Å². The van der Waals surface area contributed by atoms with Crippen molar-refractivity contribution < 1.29 is 4.42 Å². The molecule has 0 bridgehead atoms. The monoisotopic (exact) mass is 471 g/mol. The molecule has 0 aliphatic heterocycles. The summed E-state index contributed by atoms with van der Waals surface area (Å²) in [7, 11) is 0. The highest BCUT2D eigenvalue weighted by atomic mass is 16.3. The van der Waals surface area contributed by atoms with Gasteiger partial charge in [-0.1, -0.05) is 103 Å². The fraction of sp³-hybridized carbons (Fsp3) is 0. The molecule has 0 atom stereocenters. The average Bonchev–Trinajstić information content (AvgIpc) is 3.41. The fourth-order valence-electron chi connectivity index (χ4n) is 5.80. The van der Waals surface area contributed by atoms with Gasteiger partial charge in [-0.15, -0.1) is 0 Å². The molecule has 0 saturated carbocycles. The first-order valence-electron chi connectivity index (χ1n) is 12.6. The highest BCUT2D eigenvalue weighted by molar-refractivity contribution is 6.26. The van der Waals surface area contributed by atoms with Gasteiger partial charge in [-0.2, -0.15) is 0 Å². The molecule has 0 saturated heterocycles. The average molecular weight is 472 g/mol. The summed E-state index contributed by atoms with van der Waals surface area (Å²) < 4.78 is 6.14. The third kappa shape index (κ3) is 3.03. The lowest BCUT2D eigenvalue weighted by Gasteiger charge is -2.14. The van der Waals surface area contributed by atoms with E-state index < -0.39 is 0 Å². The van der Waals surface area contributed by atoms with E-state index in [2.05, 4.69) is 103 Å². The van der Waals surface area contributed by atoms with E-state index in [1.807, 2.05) is 24.3 Å². The Morgan fingerprint density at radius 1 is 0.405 bits per heavy atom. The van der Waals surface area contributed by atoms with Crippen molar-refractivity contribution in [1.29, 1.82) is 0 Å². The van der Waals surface area contributed by atoms with Crippen LogP contribution in [0.25, 0.3) is 76.8 Å². The molecule has 0 unspecified atom stereocenters. The predicted octanol–water partition coefficient (Wildman–Crippen LogP) is 9.77. The quantitative estimate of drug-likeness (QED) is 0.235. The van der Waals surface area contributed by atoms with Crippen molar-refractivity contribution in [2.24, 2.45) is 0 Å². The maximum atomic E-state index is 6.14. The zero-order valence-electron chi connectivity index (χ0n) is 20.0. The SMILES string of the molecule is c1ccc2oc(-c3ccc(-c4ccc5c6ccccc6c6ccccc6c5c4)c4ccccc34)nc2c1. The Morgan fingerprint density at radius 2 is 0.919 bits per heavy atom. The Bertz CT molecular complexity index is 2080. The molecule has 8 rings (SSSR count). The number of hydrogen-bond donors (Lipinski definition) is 0. The standard InChI is InChI=1S/C35H21NO/c1-5-13-28-24(9-1)23(19-20-31(28)35-36-33-15-7-8-16-34(33)37-35)22-17-18-30-27-12-3-2-10-25(27)26-11-4-6-14-29(26)32(30)21-22/h1-21H. The van der Waals surface area contributed by atoms with Crippen LogP contribution in [0, 0.1) is 0 Å². The van der Waals surface area contributed by atoms with Gasteiger partial charge in [0.1, 0.15) is 5.52 Å². The smallest absolute Gasteiger partial charge is 0.227 e. The van der Waals surface area contributed by atoms with Crippen molar-refractivity contribution in [3.63, 3.8) is 0 Å². The summed E-state index contributed by atoms with van der Waals surface area (Å²) in [6.07, 6.45) is 0. The zero-order chi connectivity index (χ0) is 24.3. The highest BCUT2D eigenvalue weighted by Gasteiger charge is 2.15. The lowest BCUT2D eigenvalue weighted by Crippen LogP contribution is -1.88. The Kier molecular flexibility index (Phi) is 4.26. The lowest BCUT2D eigenvalue weighted by molar-refractivity contribution is 0.620. The number of oxazole rings is 1. The second-order valence-electron chi connectivity index (χ2n) is 9.54. The fourth-order valence-corrected chi connectivity index (χ4v) is 5.80. The summed E-state index contributed by atoms with van der Waals surface area (Å²) in [6, 6.07) is 45.1. The number of fused-ring (bicyclic) bond motifs is 8. The van der Waals surface area contributed by atoms with Crippen LogP contribution in [0.1, 0.15) is 0 Å². The third-order valence-corrected chi connectivity index (χ3v) is 7.50. The molecule has 2 heteroatoms. The minimum Gasteiger partial charge on any atom is -0.436 e. The van der Waals surface area contributed by atoms with Crippen molar-refractivity contribution in [2.45, 2.75) is 0 Å². The van der Waals surface area contributed by atoms with Crippen molar-refractivity contribution in [3.05, 3.63) is 127 Å². The van der Waals surface area contributed by atoms with Gasteiger partial charge in [-0.05, 0) is 78.5 Å². The first-order chi connectivity index (χ1) is 18.3. The minimum atomic E-state index is 0.653. The third-order valence-electron chi connectivity index (χ3n) is 7.50. The summed E-state index contributed by atoms with van der Waals surface area (Å²) in [4.78, 5) is 4.77. The maximum Gasteiger partial charge on any atom is 0.227 e. The van der Waals surface area contributed by atoms with Gasteiger partial charge in [0.05, 0.1) is 0 Å². The van der Waals surface area contributed by atoms with E-state index in [0.29, 0.717) is 5.89 Å². The van der Waals surface area contributed by atoms with Crippen LogP contribution in [-0.4, -0.2) is 4.98 Å². The first-order valence-corrected chi connectivity index (χ1v) is 12.6. The van der Waals surface area contributed by atoms with Gasteiger partial charge < -0.3 is 4.42 Å². The maximum absolute atomic E-state index is 6.14. The molecule has 8 aromatic rings. The second-order valence-corrected chi connectivity index (χ2v) is 9.54. The van der Waals surface area contributed by atoms with Gasteiger partial charge in [0.25, 0.3) is 0 Å². The molecule has 172 valence electrons. The van der Waals surface area contributed by atoms with Crippen molar-refractivity contribution in [1.82, 2.24) is 4.98 Å². The molecule has 0 aliphatic rings. The Labute approximate surface area is 213 Å². The zero-order valence-corrected chi connectivity index (χ0v) is 20.0. The summed E-state index contributed by atoms with van der Waals surface area (Å²) in [5.74, 6) is 0.653. The van der Waals surface area contributed by atoms with Crippen molar-refractivity contribution in [3.8, 4) is 22.6 Å². The number of rotatable bonds is 2. The summed E-state index contributed by atoms with van der Waals surface area (Å²) in [6.45, 7) is 0. The Balaban J connectivity index is 1.39. The van der Waals surface area contributed by atoms with Crippen molar-refractivity contribution >= 4 is 54.2 Å². The number of nitrogens with zero attached hydrogens (tertiary/aromatic N) is 1. The van der Waals surface area contributed by atoms with Gasteiger partial charge >= 0.3 is 0 Å². The van der Waals surface area contributed by atoms with Crippen LogP contribution >= 0.6 is 0 Å². The molecule has 0 radical (unpaired) electrons. The van der Waals surface area contributed by atoms with Crippen LogP contribution in [0.2, 0.25) is 0 Å². The van der Waals surface area contributed by atoms with Gasteiger partial charge in [-0.25, -0.2) is 4.98 Å². The van der Waals surface area contributed by atoms with Gasteiger partial charge in [0.15, 0.2) is 5.58 Å². The normalized spacial score (nSPS) is 11.8. The molecule has 0 fully saturated rings. The summed E-state index contributed by atoms with van der Waals surface area (Å²) in [5, 5.41) is 10.0. The van der Waals surface area contributed by atoms with E-state index in [4.69, 9.17) is 9.40 Å². The van der Waals surface area contributed by atoms with E-state index in [0.717, 1.165) is 22.0 Å². The Morgan fingerprint density at radius 3 is 1.59 bits per heavy atom. The lowest BCUT2D eigenvalue weighted by atomic mass is 9.90. The molecule has 7 aromatic carbocycles. The van der Waals surface area contributed by atoms with Gasteiger partial charge in [0, 0.05) is 5.56 Å². The molecule has 2 nitrogen and oxygen atoms in total. The van der Waals surface area contributed by atoms with Crippen LogP contribution in [0.4, 0.5) is 0 Å². The van der Waals surface area contributed by atoms with Gasteiger partial charge in [-0.3, -0.25) is 0 Å². The highest BCUT2D eigenvalue weighted by Crippen LogP contribution is 2.40. The number of para-hydroxylation sites is 2. The summed E-state index contributed by atoms with van der Waals surface area (Å²) >= 11 is 0. The molecule has 1 heterocycles. The predicted molar refractivity (Wildman–Crippen MR) is 155 cm³/mol. The first kappa shape index (κ1) is 20.3. The van der Waals surface area contributed by atoms with E-state index >= 15 is 0 Å². The molecule has 0 aliphatic carbocycles.